The fourth-order valence-corrected chi connectivity index (χ4v) is 4.14. The molecule has 1 aliphatic rings. The zero-order valence-electron chi connectivity index (χ0n) is 16.8. The number of nitrogens with zero attached hydrogens (tertiary/aromatic N) is 2. The van der Waals surface area contributed by atoms with Gasteiger partial charge in [0.25, 0.3) is 5.91 Å². The summed E-state index contributed by atoms with van der Waals surface area (Å²) in [5, 5.41) is 8.50. The quantitative estimate of drug-likeness (QED) is 0.328. The number of amides is 1. The number of aromatic nitrogens is 2. The second-order valence-electron chi connectivity index (χ2n) is 7.53. The summed E-state index contributed by atoms with van der Waals surface area (Å²) in [6, 6.07) is 7.61. The molecule has 0 unspecified atom stereocenters. The van der Waals surface area contributed by atoms with Crippen LogP contribution < -0.4 is 10.6 Å². The van der Waals surface area contributed by atoms with Crippen LogP contribution >= 0.6 is 27.5 Å². The summed E-state index contributed by atoms with van der Waals surface area (Å²) in [6.45, 7) is 0. The Bertz CT molecular complexity index is 1230. The lowest BCUT2D eigenvalue weighted by Gasteiger charge is -2.33. The van der Waals surface area contributed by atoms with Gasteiger partial charge in [-0.05, 0) is 35.9 Å². The van der Waals surface area contributed by atoms with Crippen LogP contribution in [-0.2, 0) is 6.18 Å². The van der Waals surface area contributed by atoms with E-state index in [4.69, 9.17) is 11.6 Å². The number of benzene rings is 2. The molecule has 2 aromatic carbocycles. The lowest BCUT2D eigenvalue weighted by atomic mass is 9.97. The summed E-state index contributed by atoms with van der Waals surface area (Å²) < 4.78 is 81.8. The Hall–Kier alpha value is -2.73. The van der Waals surface area contributed by atoms with E-state index >= 15 is 0 Å². The smallest absolute Gasteiger partial charge is 0.362 e. The molecule has 5 nitrogen and oxygen atoms in total. The summed E-state index contributed by atoms with van der Waals surface area (Å²) in [6.07, 6.45) is -9.75. The van der Waals surface area contributed by atoms with Crippen molar-refractivity contribution in [2.24, 2.45) is 0 Å². The fourth-order valence-electron chi connectivity index (χ4n) is 3.61. The van der Waals surface area contributed by atoms with E-state index in [-0.39, 0.29) is 16.5 Å². The van der Waals surface area contributed by atoms with Gasteiger partial charge in [0.15, 0.2) is 11.7 Å². The number of halogens is 8. The third kappa shape index (κ3) is 4.88. The van der Waals surface area contributed by atoms with Gasteiger partial charge in [-0.3, -0.25) is 4.79 Å². The number of hydrogen-bond donors (Lipinski definition) is 2. The minimum atomic E-state index is -4.70. The van der Waals surface area contributed by atoms with Crippen LogP contribution in [0.3, 0.4) is 0 Å². The highest BCUT2D eigenvalue weighted by Crippen LogP contribution is 2.46. The van der Waals surface area contributed by atoms with Gasteiger partial charge in [-0.2, -0.15) is 31.4 Å². The first-order valence-electron chi connectivity index (χ1n) is 9.70. The Morgan fingerprint density at radius 1 is 1.12 bits per heavy atom. The second kappa shape index (κ2) is 8.81. The standard InChI is InChI=1S/C21H14BrClF6N4O/c22-12-6-4-10(5-7-12)14-9-15(21(27,28)29)33-18(31-14)16(23)17(32-33)19(34)30-13-3-1-2-11(8-13)20(24,25)26/h1-8,14-15,31H,9H2,(H,30,34)/t14-,15+/m1/s1. The molecule has 180 valence electrons. The van der Waals surface area contributed by atoms with Crippen molar-refractivity contribution >= 4 is 44.9 Å². The van der Waals surface area contributed by atoms with E-state index in [1.54, 1.807) is 24.3 Å². The molecule has 13 heteroatoms. The van der Waals surface area contributed by atoms with Crippen LogP contribution in [0.2, 0.25) is 5.02 Å². The molecular formula is C21H14BrClF6N4O. The van der Waals surface area contributed by atoms with E-state index < -0.39 is 48.0 Å². The van der Waals surface area contributed by atoms with Crippen molar-refractivity contribution in [2.75, 3.05) is 10.6 Å². The molecule has 0 saturated heterocycles. The van der Waals surface area contributed by atoms with Crippen molar-refractivity contribution in [1.82, 2.24) is 9.78 Å². The first-order valence-corrected chi connectivity index (χ1v) is 10.9. The monoisotopic (exact) mass is 566 g/mol. The lowest BCUT2D eigenvalue weighted by molar-refractivity contribution is -0.173. The highest BCUT2D eigenvalue weighted by atomic mass is 79.9. The zero-order valence-corrected chi connectivity index (χ0v) is 19.1. The van der Waals surface area contributed by atoms with Gasteiger partial charge in [-0.25, -0.2) is 4.68 Å². The Kier molecular flexibility index (Phi) is 6.32. The molecule has 0 aliphatic carbocycles. The molecule has 1 aliphatic heterocycles. The van der Waals surface area contributed by atoms with Gasteiger partial charge < -0.3 is 10.6 Å². The molecule has 0 fully saturated rings. The Morgan fingerprint density at radius 2 is 1.79 bits per heavy atom. The summed E-state index contributed by atoms with van der Waals surface area (Å²) in [4.78, 5) is 12.7. The predicted molar refractivity (Wildman–Crippen MR) is 117 cm³/mol. The van der Waals surface area contributed by atoms with Crippen molar-refractivity contribution in [3.8, 4) is 0 Å². The maximum atomic E-state index is 13.9. The van der Waals surface area contributed by atoms with Crippen LogP contribution in [0.25, 0.3) is 0 Å². The minimum absolute atomic E-state index is 0.211. The van der Waals surface area contributed by atoms with Gasteiger partial charge in [-0.15, -0.1) is 0 Å². The summed E-state index contributed by atoms with van der Waals surface area (Å²) >= 11 is 9.51. The zero-order chi connectivity index (χ0) is 24.8. The van der Waals surface area contributed by atoms with Gasteiger partial charge in [0.2, 0.25) is 0 Å². The Morgan fingerprint density at radius 3 is 2.41 bits per heavy atom. The van der Waals surface area contributed by atoms with Crippen LogP contribution in [0.5, 0.6) is 0 Å². The van der Waals surface area contributed by atoms with E-state index in [9.17, 15) is 31.1 Å². The van der Waals surface area contributed by atoms with Gasteiger partial charge in [0.05, 0.1) is 11.6 Å². The molecule has 0 radical (unpaired) electrons. The Labute approximate surface area is 202 Å². The van der Waals surface area contributed by atoms with Gasteiger partial charge in [0.1, 0.15) is 10.8 Å². The first-order chi connectivity index (χ1) is 15.8. The van der Waals surface area contributed by atoms with Crippen molar-refractivity contribution in [3.63, 3.8) is 0 Å². The minimum Gasteiger partial charge on any atom is -0.362 e. The molecule has 2 heterocycles. The summed E-state index contributed by atoms with van der Waals surface area (Å²) in [7, 11) is 0. The molecular weight excluding hydrogens is 554 g/mol. The van der Waals surface area contributed by atoms with Crippen LogP contribution in [0.1, 0.15) is 40.1 Å². The van der Waals surface area contributed by atoms with Crippen LogP contribution in [-0.4, -0.2) is 21.9 Å². The number of carbonyl (C=O) groups is 1. The topological polar surface area (TPSA) is 59.0 Å². The van der Waals surface area contributed by atoms with Crippen LogP contribution in [0.4, 0.5) is 37.8 Å². The highest BCUT2D eigenvalue weighted by molar-refractivity contribution is 9.10. The molecule has 34 heavy (non-hydrogen) atoms. The molecule has 1 aromatic heterocycles. The van der Waals surface area contributed by atoms with Crippen molar-refractivity contribution < 1.29 is 31.1 Å². The number of nitrogens with one attached hydrogen (secondary N) is 2. The van der Waals surface area contributed by atoms with Gasteiger partial charge >= 0.3 is 12.4 Å². The second-order valence-corrected chi connectivity index (χ2v) is 8.82. The van der Waals surface area contributed by atoms with E-state index in [0.717, 1.165) is 16.6 Å². The number of alkyl halides is 6. The summed E-state index contributed by atoms with van der Waals surface area (Å²) in [5.74, 6) is -1.26. The number of fused-ring (bicyclic) bond motifs is 1. The van der Waals surface area contributed by atoms with Crippen molar-refractivity contribution in [1.29, 1.82) is 0 Å². The summed E-state index contributed by atoms with van der Waals surface area (Å²) in [5.41, 5.74) is -1.20. The molecule has 4 rings (SSSR count). The Balaban J connectivity index is 1.67. The van der Waals surface area contributed by atoms with E-state index in [2.05, 4.69) is 31.7 Å². The van der Waals surface area contributed by atoms with Crippen LogP contribution in [0, 0.1) is 0 Å². The number of hydrogen-bond acceptors (Lipinski definition) is 3. The van der Waals surface area contributed by atoms with E-state index in [0.29, 0.717) is 16.3 Å². The molecule has 2 N–H and O–H groups in total. The third-order valence-corrected chi connectivity index (χ3v) is 6.12. The lowest BCUT2D eigenvalue weighted by Crippen LogP contribution is -2.35. The maximum Gasteiger partial charge on any atom is 0.416 e. The van der Waals surface area contributed by atoms with Gasteiger partial charge in [0, 0.05) is 16.6 Å². The largest absolute Gasteiger partial charge is 0.416 e. The highest BCUT2D eigenvalue weighted by Gasteiger charge is 2.48. The van der Waals surface area contributed by atoms with Crippen molar-refractivity contribution in [3.05, 3.63) is 74.8 Å². The molecule has 1 amide bonds. The van der Waals surface area contributed by atoms with Crippen molar-refractivity contribution in [2.45, 2.75) is 30.9 Å². The van der Waals surface area contributed by atoms with E-state index in [1.807, 2.05) is 0 Å². The molecule has 3 aromatic rings. The molecule has 0 saturated carbocycles. The van der Waals surface area contributed by atoms with Crippen LogP contribution in [0.15, 0.2) is 53.0 Å². The average Bonchev–Trinajstić information content (AvgIpc) is 3.09. The number of rotatable bonds is 3. The molecule has 2 atom stereocenters. The number of anilines is 2. The SMILES string of the molecule is O=C(Nc1cccc(C(F)(F)F)c1)c1nn2c(c1Cl)N[C@@H](c1ccc(Br)cc1)C[C@H]2C(F)(F)F. The third-order valence-electron chi connectivity index (χ3n) is 5.23. The van der Waals surface area contributed by atoms with Gasteiger partial charge in [-0.1, -0.05) is 45.7 Å². The maximum absolute atomic E-state index is 13.9. The predicted octanol–water partition coefficient (Wildman–Crippen LogP) is 7.23. The average molecular weight is 568 g/mol. The van der Waals surface area contributed by atoms with E-state index in [1.165, 1.54) is 6.07 Å². The molecule has 0 spiro atoms. The first kappa shape index (κ1) is 24.4. The number of carbonyl (C=O) groups excluding carboxylic acids is 1. The molecule has 0 bridgehead atoms. The fraction of sp³-hybridized carbons (Fsp3) is 0.238. The normalized spacial score (nSPS) is 18.2.